The van der Waals surface area contributed by atoms with Gasteiger partial charge in [-0.3, -0.25) is 14.7 Å². The van der Waals surface area contributed by atoms with E-state index >= 15 is 0 Å². The number of ether oxygens (including phenoxy) is 1. The number of hydrogen-bond acceptors (Lipinski definition) is 4. The van der Waals surface area contributed by atoms with E-state index in [4.69, 9.17) is 34.4 Å². The minimum absolute atomic E-state index is 0.0744. The molecule has 0 saturated carbocycles. The van der Waals surface area contributed by atoms with Crippen molar-refractivity contribution >= 4 is 52.1 Å². The highest BCUT2D eigenvalue weighted by atomic mass is 35.5. The number of benzene rings is 1. The number of likely N-dealkylation sites (N-methyl/N-ethyl adjacent to an activating group) is 1. The summed E-state index contributed by atoms with van der Waals surface area (Å²) in [6, 6.07) is 3.37. The minimum atomic E-state index is -0.0744. The zero-order valence-corrected chi connectivity index (χ0v) is 15.6. The van der Waals surface area contributed by atoms with Crippen molar-refractivity contribution in [1.29, 1.82) is 0 Å². The maximum absolute atomic E-state index is 12.4. The van der Waals surface area contributed by atoms with E-state index in [0.717, 1.165) is 0 Å². The summed E-state index contributed by atoms with van der Waals surface area (Å²) in [6.45, 7) is 5.12. The molecule has 0 aliphatic carbocycles. The van der Waals surface area contributed by atoms with E-state index in [-0.39, 0.29) is 12.5 Å². The number of aliphatic imine (C=N–C) groups is 1. The molecule has 0 aromatic heterocycles. The lowest BCUT2D eigenvalue weighted by Crippen LogP contribution is -2.28. The van der Waals surface area contributed by atoms with Crippen molar-refractivity contribution in [1.82, 2.24) is 4.90 Å². The molecule has 1 fully saturated rings. The Hall–Kier alpha value is -1.61. The largest absolute Gasteiger partial charge is 0.478 e. The number of terminal acetylenes is 1. The minimum Gasteiger partial charge on any atom is -0.478 e. The summed E-state index contributed by atoms with van der Waals surface area (Å²) >= 11 is 13.7. The Morgan fingerprint density at radius 2 is 2.04 bits per heavy atom. The molecule has 1 amide bonds. The zero-order valence-electron chi connectivity index (χ0n) is 13.3. The van der Waals surface area contributed by atoms with E-state index in [1.165, 1.54) is 11.8 Å². The van der Waals surface area contributed by atoms with Crippen LogP contribution in [0.25, 0.3) is 6.08 Å². The van der Waals surface area contributed by atoms with Gasteiger partial charge in [0.25, 0.3) is 5.91 Å². The number of amides is 1. The first-order valence-electron chi connectivity index (χ1n) is 7.32. The molecule has 1 heterocycles. The molecule has 24 heavy (non-hydrogen) atoms. The Morgan fingerprint density at radius 3 is 2.58 bits per heavy atom. The Bertz CT molecular complexity index is 730. The Kier molecular flexibility index (Phi) is 6.61. The van der Waals surface area contributed by atoms with Crippen molar-refractivity contribution in [3.8, 4) is 18.1 Å². The molecule has 1 aromatic rings. The van der Waals surface area contributed by atoms with Gasteiger partial charge in [-0.05, 0) is 49.4 Å². The second kappa shape index (κ2) is 8.48. The Balaban J connectivity index is 2.33. The molecule has 7 heteroatoms. The van der Waals surface area contributed by atoms with E-state index in [2.05, 4.69) is 10.9 Å². The monoisotopic (exact) mass is 382 g/mol. The van der Waals surface area contributed by atoms with Gasteiger partial charge in [0.2, 0.25) is 0 Å². The normalized spacial score (nSPS) is 17.6. The topological polar surface area (TPSA) is 41.9 Å². The lowest BCUT2D eigenvalue weighted by Gasteiger charge is -2.11. The Morgan fingerprint density at radius 1 is 1.38 bits per heavy atom. The number of carbonyl (C=O) groups excluding carboxylic acids is 1. The van der Waals surface area contributed by atoms with E-state index < -0.39 is 0 Å². The molecule has 0 N–H and O–H groups in total. The van der Waals surface area contributed by atoms with Crippen LogP contribution in [0.15, 0.2) is 22.0 Å². The number of thioether (sulfide) groups is 1. The van der Waals surface area contributed by atoms with Crippen molar-refractivity contribution in [3.63, 3.8) is 0 Å². The molecule has 126 valence electrons. The quantitative estimate of drug-likeness (QED) is 0.562. The number of hydrogen-bond donors (Lipinski definition) is 0. The number of amidine groups is 1. The lowest BCUT2D eigenvalue weighted by atomic mass is 10.2. The number of rotatable bonds is 5. The van der Waals surface area contributed by atoms with Gasteiger partial charge < -0.3 is 4.74 Å². The van der Waals surface area contributed by atoms with Gasteiger partial charge in [0.05, 0.1) is 15.0 Å². The molecule has 1 saturated heterocycles. The maximum atomic E-state index is 12.4. The van der Waals surface area contributed by atoms with Crippen LogP contribution in [-0.2, 0) is 4.79 Å². The van der Waals surface area contributed by atoms with E-state index in [9.17, 15) is 4.79 Å². The van der Waals surface area contributed by atoms with E-state index in [0.29, 0.717) is 44.5 Å². The summed E-state index contributed by atoms with van der Waals surface area (Å²) in [7, 11) is 0. The van der Waals surface area contributed by atoms with Crippen LogP contribution in [0, 0.1) is 12.3 Å². The molecule has 1 aliphatic rings. The van der Waals surface area contributed by atoms with Crippen LogP contribution in [0.2, 0.25) is 10.0 Å². The number of halogens is 2. The first-order chi connectivity index (χ1) is 11.5. The number of carbonyl (C=O) groups is 1. The molecular formula is C17H16Cl2N2O2S. The van der Waals surface area contributed by atoms with E-state index in [1.807, 2.05) is 13.8 Å². The second-order valence-corrected chi connectivity index (χ2v) is 6.55. The van der Waals surface area contributed by atoms with Crippen molar-refractivity contribution in [2.24, 2.45) is 4.99 Å². The standard InChI is InChI=1S/C17H16Cl2N2O2S/c1-4-7-23-15-12(18)8-11(9-13(15)19)10-14-16(22)21(6-3)17(24-14)20-5-2/h1,8-10H,5-7H2,2-3H3/b14-10+,20-17?. The summed E-state index contributed by atoms with van der Waals surface area (Å²) in [5.74, 6) is 2.63. The summed E-state index contributed by atoms with van der Waals surface area (Å²) in [6.07, 6.45) is 6.91. The third-order valence-corrected chi connectivity index (χ3v) is 4.72. The third-order valence-electron chi connectivity index (χ3n) is 3.12. The fourth-order valence-corrected chi connectivity index (χ4v) is 3.82. The van der Waals surface area contributed by atoms with Crippen LogP contribution in [0.1, 0.15) is 19.4 Å². The average Bonchev–Trinajstić information content (AvgIpc) is 2.82. The highest BCUT2D eigenvalue weighted by molar-refractivity contribution is 8.18. The Labute approximate surface area is 155 Å². The molecule has 1 aromatic carbocycles. The lowest BCUT2D eigenvalue weighted by molar-refractivity contribution is -0.122. The highest BCUT2D eigenvalue weighted by Gasteiger charge is 2.31. The molecule has 0 radical (unpaired) electrons. The molecule has 0 bridgehead atoms. The first-order valence-corrected chi connectivity index (χ1v) is 8.90. The van der Waals surface area contributed by atoms with Crippen LogP contribution < -0.4 is 4.74 Å². The predicted molar refractivity (Wildman–Crippen MR) is 102 cm³/mol. The highest BCUT2D eigenvalue weighted by Crippen LogP contribution is 2.37. The van der Waals surface area contributed by atoms with Gasteiger partial charge in [0.1, 0.15) is 6.61 Å². The second-order valence-electron chi connectivity index (χ2n) is 4.72. The van der Waals surface area contributed by atoms with Gasteiger partial charge >= 0.3 is 0 Å². The summed E-state index contributed by atoms with van der Waals surface area (Å²) in [4.78, 5) is 19.0. The SMILES string of the molecule is C#CCOc1c(Cl)cc(/C=C2/SC(=NCC)N(CC)C2=O)cc1Cl. The van der Waals surface area contributed by atoms with Gasteiger partial charge in [0, 0.05) is 13.1 Å². The molecular weight excluding hydrogens is 367 g/mol. The summed E-state index contributed by atoms with van der Waals surface area (Å²) in [5.41, 5.74) is 0.711. The van der Waals surface area contributed by atoms with Crippen LogP contribution >= 0.6 is 35.0 Å². The molecule has 2 rings (SSSR count). The fourth-order valence-electron chi connectivity index (χ4n) is 2.11. The average molecular weight is 383 g/mol. The summed E-state index contributed by atoms with van der Waals surface area (Å²) in [5, 5.41) is 1.40. The first kappa shape index (κ1) is 18.7. The number of nitrogens with zero attached hydrogens (tertiary/aromatic N) is 2. The predicted octanol–water partition coefficient (Wildman–Crippen LogP) is 4.32. The van der Waals surface area contributed by atoms with Gasteiger partial charge in [-0.25, -0.2) is 0 Å². The van der Waals surface area contributed by atoms with Gasteiger partial charge in [-0.2, -0.15) is 0 Å². The van der Waals surface area contributed by atoms with Crippen molar-refractivity contribution < 1.29 is 9.53 Å². The van der Waals surface area contributed by atoms with Crippen LogP contribution in [0.4, 0.5) is 0 Å². The third kappa shape index (κ3) is 4.07. The van der Waals surface area contributed by atoms with Crippen molar-refractivity contribution in [2.45, 2.75) is 13.8 Å². The van der Waals surface area contributed by atoms with Crippen LogP contribution in [-0.4, -0.2) is 35.7 Å². The maximum Gasteiger partial charge on any atom is 0.266 e. The molecule has 1 aliphatic heterocycles. The van der Waals surface area contributed by atoms with Crippen LogP contribution in [0.3, 0.4) is 0 Å². The van der Waals surface area contributed by atoms with Gasteiger partial charge in [-0.15, -0.1) is 6.42 Å². The fraction of sp³-hybridized carbons (Fsp3) is 0.294. The van der Waals surface area contributed by atoms with Gasteiger partial charge in [0.15, 0.2) is 10.9 Å². The van der Waals surface area contributed by atoms with Crippen molar-refractivity contribution in [2.75, 3.05) is 19.7 Å². The zero-order chi connectivity index (χ0) is 17.7. The van der Waals surface area contributed by atoms with Crippen LogP contribution in [0.5, 0.6) is 5.75 Å². The van der Waals surface area contributed by atoms with Crippen molar-refractivity contribution in [3.05, 3.63) is 32.6 Å². The summed E-state index contributed by atoms with van der Waals surface area (Å²) < 4.78 is 5.33. The van der Waals surface area contributed by atoms with E-state index in [1.54, 1.807) is 23.1 Å². The molecule has 4 nitrogen and oxygen atoms in total. The molecule has 0 spiro atoms. The van der Waals surface area contributed by atoms with Gasteiger partial charge in [-0.1, -0.05) is 29.1 Å². The smallest absolute Gasteiger partial charge is 0.266 e. The molecule has 0 unspecified atom stereocenters. The molecule has 0 atom stereocenters.